The second-order valence-electron chi connectivity index (χ2n) is 4.28. The fraction of sp³-hybridized carbons (Fsp3) is 0.600. The molecule has 0 saturated heterocycles. The molecule has 0 aromatic carbocycles. The Kier molecular flexibility index (Phi) is 4.03. The molecule has 1 rings (SSSR count). The van der Waals surface area contributed by atoms with Gasteiger partial charge in [0.05, 0.1) is 12.1 Å². The predicted octanol–water partition coefficient (Wildman–Crippen LogP) is 0.908. The Hall–Kier alpha value is -1.40. The van der Waals surface area contributed by atoms with Gasteiger partial charge in [-0.15, -0.1) is 0 Å². The van der Waals surface area contributed by atoms with Crippen LogP contribution in [0.15, 0.2) is 6.33 Å². The number of hydrazine groups is 1. The zero-order valence-corrected chi connectivity index (χ0v) is 10.2. The number of anilines is 2. The van der Waals surface area contributed by atoms with Gasteiger partial charge in [0.2, 0.25) is 0 Å². The van der Waals surface area contributed by atoms with Crippen LogP contribution in [0.5, 0.6) is 0 Å². The molecular weight excluding hydrogens is 206 g/mol. The summed E-state index contributed by atoms with van der Waals surface area (Å²) in [5, 5.41) is 3.29. The topological polar surface area (TPSA) is 85.1 Å². The van der Waals surface area contributed by atoms with E-state index in [4.69, 9.17) is 10.6 Å². The van der Waals surface area contributed by atoms with E-state index in [9.17, 15) is 0 Å². The number of ether oxygens (including phenoxy) is 1. The molecule has 0 fully saturated rings. The first-order valence-corrected chi connectivity index (χ1v) is 5.05. The molecule has 1 aromatic rings. The molecule has 6 heteroatoms. The van der Waals surface area contributed by atoms with Crippen molar-refractivity contribution in [2.45, 2.75) is 26.3 Å². The summed E-state index contributed by atoms with van der Waals surface area (Å²) in [5.74, 6) is 6.72. The lowest BCUT2D eigenvalue weighted by Gasteiger charge is -2.26. The monoisotopic (exact) mass is 225 g/mol. The second-order valence-corrected chi connectivity index (χ2v) is 4.28. The highest BCUT2D eigenvalue weighted by molar-refractivity contribution is 5.56. The SMILES string of the molecule is COCC(C)(C)Nc1ncnc(NN)c1C. The summed E-state index contributed by atoms with van der Waals surface area (Å²) in [5.41, 5.74) is 3.22. The van der Waals surface area contributed by atoms with Crippen LogP contribution in [0.2, 0.25) is 0 Å². The summed E-state index contributed by atoms with van der Waals surface area (Å²) in [6.07, 6.45) is 1.47. The van der Waals surface area contributed by atoms with Crippen LogP contribution < -0.4 is 16.6 Å². The van der Waals surface area contributed by atoms with Gasteiger partial charge in [0.15, 0.2) is 0 Å². The van der Waals surface area contributed by atoms with Crippen LogP contribution in [-0.2, 0) is 4.74 Å². The number of aromatic nitrogens is 2. The number of nitrogens with two attached hydrogens (primary N) is 1. The number of rotatable bonds is 5. The maximum Gasteiger partial charge on any atom is 0.148 e. The molecule has 0 aliphatic heterocycles. The maximum atomic E-state index is 5.35. The average molecular weight is 225 g/mol. The first kappa shape index (κ1) is 12.7. The van der Waals surface area contributed by atoms with Gasteiger partial charge in [-0.1, -0.05) is 0 Å². The minimum Gasteiger partial charge on any atom is -0.382 e. The van der Waals surface area contributed by atoms with Gasteiger partial charge >= 0.3 is 0 Å². The highest BCUT2D eigenvalue weighted by atomic mass is 16.5. The molecule has 16 heavy (non-hydrogen) atoms. The van der Waals surface area contributed by atoms with Crippen LogP contribution in [0.3, 0.4) is 0 Å². The van der Waals surface area contributed by atoms with Gasteiger partial charge < -0.3 is 15.5 Å². The highest BCUT2D eigenvalue weighted by Crippen LogP contribution is 2.20. The number of nitrogen functional groups attached to an aromatic ring is 1. The Balaban J connectivity index is 2.89. The third-order valence-electron chi connectivity index (χ3n) is 2.18. The van der Waals surface area contributed by atoms with E-state index in [1.807, 2.05) is 20.8 Å². The van der Waals surface area contributed by atoms with Gasteiger partial charge in [-0.2, -0.15) is 0 Å². The molecule has 0 aliphatic carbocycles. The van der Waals surface area contributed by atoms with Crippen molar-refractivity contribution in [3.63, 3.8) is 0 Å². The van der Waals surface area contributed by atoms with Crippen LogP contribution in [0.25, 0.3) is 0 Å². The molecule has 0 amide bonds. The first-order valence-electron chi connectivity index (χ1n) is 5.05. The Morgan fingerprint density at radius 3 is 2.56 bits per heavy atom. The van der Waals surface area contributed by atoms with Gasteiger partial charge in [0.1, 0.15) is 18.0 Å². The lowest BCUT2D eigenvalue weighted by Crippen LogP contribution is -2.36. The molecule has 1 aromatic heterocycles. The molecule has 0 unspecified atom stereocenters. The molecular formula is C10H19N5O. The normalized spacial score (nSPS) is 11.3. The van der Waals surface area contributed by atoms with E-state index in [1.165, 1.54) is 6.33 Å². The van der Waals surface area contributed by atoms with Gasteiger partial charge in [-0.05, 0) is 20.8 Å². The van der Waals surface area contributed by atoms with E-state index in [2.05, 4.69) is 20.7 Å². The first-order chi connectivity index (χ1) is 7.50. The molecule has 0 radical (unpaired) electrons. The molecule has 0 atom stereocenters. The molecule has 4 N–H and O–H groups in total. The van der Waals surface area contributed by atoms with Crippen LogP contribution in [0.1, 0.15) is 19.4 Å². The maximum absolute atomic E-state index is 5.35. The van der Waals surface area contributed by atoms with Gasteiger partial charge in [-0.25, -0.2) is 15.8 Å². The smallest absolute Gasteiger partial charge is 0.148 e. The summed E-state index contributed by atoms with van der Waals surface area (Å²) >= 11 is 0. The van der Waals surface area contributed by atoms with Crippen LogP contribution >= 0.6 is 0 Å². The molecule has 0 spiro atoms. The van der Waals surface area contributed by atoms with E-state index in [0.717, 1.165) is 11.4 Å². The van der Waals surface area contributed by atoms with Crippen molar-refractivity contribution in [2.24, 2.45) is 5.84 Å². The number of methoxy groups -OCH3 is 1. The number of nitrogens with one attached hydrogen (secondary N) is 2. The number of nitrogens with zero attached hydrogens (tertiary/aromatic N) is 2. The fourth-order valence-corrected chi connectivity index (χ4v) is 1.44. The van der Waals surface area contributed by atoms with Crippen LogP contribution in [0, 0.1) is 6.92 Å². The Labute approximate surface area is 95.6 Å². The van der Waals surface area contributed by atoms with Crippen molar-refractivity contribution in [3.8, 4) is 0 Å². The summed E-state index contributed by atoms with van der Waals surface area (Å²) in [4.78, 5) is 8.20. The van der Waals surface area contributed by atoms with E-state index < -0.39 is 0 Å². The molecule has 90 valence electrons. The van der Waals surface area contributed by atoms with Gasteiger partial charge in [0, 0.05) is 12.7 Å². The number of hydrogen-bond acceptors (Lipinski definition) is 6. The summed E-state index contributed by atoms with van der Waals surface area (Å²) in [6.45, 7) is 6.56. The quantitative estimate of drug-likeness (QED) is 0.510. The summed E-state index contributed by atoms with van der Waals surface area (Å²) in [7, 11) is 1.67. The Morgan fingerprint density at radius 1 is 1.38 bits per heavy atom. The Morgan fingerprint density at radius 2 is 2.00 bits per heavy atom. The lowest BCUT2D eigenvalue weighted by molar-refractivity contribution is 0.158. The zero-order valence-electron chi connectivity index (χ0n) is 10.2. The molecule has 0 aliphatic rings. The minimum absolute atomic E-state index is 0.195. The van der Waals surface area contributed by atoms with Crippen molar-refractivity contribution >= 4 is 11.6 Å². The van der Waals surface area contributed by atoms with E-state index in [-0.39, 0.29) is 5.54 Å². The summed E-state index contributed by atoms with van der Waals surface area (Å²) < 4.78 is 5.13. The standard InChI is InChI=1S/C10H19N5O/c1-7-8(12-6-13-9(7)15-11)14-10(2,3)5-16-4/h6H,5,11H2,1-4H3,(H2,12,13,14,15). The van der Waals surface area contributed by atoms with Crippen LogP contribution in [0.4, 0.5) is 11.6 Å². The third-order valence-corrected chi connectivity index (χ3v) is 2.18. The molecule has 0 bridgehead atoms. The van der Waals surface area contributed by atoms with Crippen molar-refractivity contribution < 1.29 is 4.74 Å². The Bertz CT molecular complexity index is 353. The number of hydrogen-bond donors (Lipinski definition) is 3. The highest BCUT2D eigenvalue weighted by Gasteiger charge is 2.19. The van der Waals surface area contributed by atoms with Gasteiger partial charge in [0.25, 0.3) is 0 Å². The summed E-state index contributed by atoms with van der Waals surface area (Å²) in [6, 6.07) is 0. The lowest BCUT2D eigenvalue weighted by atomic mass is 10.1. The van der Waals surface area contributed by atoms with Gasteiger partial charge in [-0.3, -0.25) is 0 Å². The molecule has 0 saturated carbocycles. The van der Waals surface area contributed by atoms with Crippen molar-refractivity contribution in [3.05, 3.63) is 11.9 Å². The largest absolute Gasteiger partial charge is 0.382 e. The molecule has 1 heterocycles. The second kappa shape index (κ2) is 5.09. The third kappa shape index (κ3) is 3.04. The van der Waals surface area contributed by atoms with E-state index in [0.29, 0.717) is 12.4 Å². The predicted molar refractivity (Wildman–Crippen MR) is 64.2 cm³/mol. The van der Waals surface area contributed by atoms with E-state index in [1.54, 1.807) is 7.11 Å². The fourth-order valence-electron chi connectivity index (χ4n) is 1.44. The van der Waals surface area contributed by atoms with E-state index >= 15 is 0 Å². The van der Waals surface area contributed by atoms with Crippen molar-refractivity contribution in [1.29, 1.82) is 0 Å². The van der Waals surface area contributed by atoms with Crippen molar-refractivity contribution in [1.82, 2.24) is 9.97 Å². The van der Waals surface area contributed by atoms with Crippen LogP contribution in [-0.4, -0.2) is 29.2 Å². The average Bonchev–Trinajstić information content (AvgIpc) is 2.21. The van der Waals surface area contributed by atoms with Crippen molar-refractivity contribution in [2.75, 3.05) is 24.5 Å². The minimum atomic E-state index is -0.195. The zero-order chi connectivity index (χ0) is 12.2. The molecule has 6 nitrogen and oxygen atoms in total.